The van der Waals surface area contributed by atoms with E-state index in [1.807, 2.05) is 0 Å². The number of nitrogens with zero attached hydrogens (tertiary/aromatic N) is 1. The third-order valence-corrected chi connectivity index (χ3v) is 3.57. The molecule has 6 heteroatoms. The Morgan fingerprint density at radius 1 is 1.56 bits per heavy atom. The second-order valence-electron chi connectivity index (χ2n) is 4.54. The Hall–Kier alpha value is -1.33. The summed E-state index contributed by atoms with van der Waals surface area (Å²) in [5.41, 5.74) is 0.0422. The molecule has 2 rings (SSSR count). The van der Waals surface area contributed by atoms with Crippen molar-refractivity contribution >= 4 is 23.4 Å². The van der Waals surface area contributed by atoms with Crippen LogP contribution in [-0.2, 0) is 0 Å². The summed E-state index contributed by atoms with van der Waals surface area (Å²) in [5.74, 6) is -0.300. The summed E-state index contributed by atoms with van der Waals surface area (Å²) >= 11 is 5.96. The van der Waals surface area contributed by atoms with Crippen molar-refractivity contribution in [3.05, 3.63) is 22.8 Å². The van der Waals surface area contributed by atoms with Crippen LogP contribution in [0.1, 0.15) is 29.6 Å². The number of carbonyl (C=O) groups is 1. The first kappa shape index (κ1) is 13.1. The molecule has 0 saturated heterocycles. The molecule has 5 nitrogen and oxygen atoms in total. The fourth-order valence-corrected chi connectivity index (χ4v) is 2.47. The van der Waals surface area contributed by atoms with Gasteiger partial charge in [-0.15, -0.1) is 0 Å². The lowest BCUT2D eigenvalue weighted by atomic mass is 10.1. The number of carboxylic acid groups (broad SMARTS) is 1. The number of aromatic carboxylic acids is 1. The standard InChI is InChI=1S/C12H15ClN2O3/c13-10-9(12(17)18)3-4-14-11(10)15-6-7-1-2-8(16)5-7/h3-4,7-8,16H,1-2,5-6H2,(H,14,15)(H,17,18). The predicted molar refractivity (Wildman–Crippen MR) is 68.0 cm³/mol. The van der Waals surface area contributed by atoms with Gasteiger partial charge in [0.15, 0.2) is 0 Å². The van der Waals surface area contributed by atoms with E-state index in [9.17, 15) is 9.90 Å². The van der Waals surface area contributed by atoms with Crippen LogP contribution in [0, 0.1) is 5.92 Å². The Balaban J connectivity index is 2.01. The lowest BCUT2D eigenvalue weighted by molar-refractivity contribution is 0.0697. The molecule has 2 atom stereocenters. The first-order valence-electron chi connectivity index (χ1n) is 5.87. The van der Waals surface area contributed by atoms with E-state index in [0.717, 1.165) is 19.3 Å². The molecule has 0 bridgehead atoms. The van der Waals surface area contributed by atoms with Crippen molar-refractivity contribution in [3.8, 4) is 0 Å². The summed E-state index contributed by atoms with van der Waals surface area (Å²) in [6.45, 7) is 0.646. The van der Waals surface area contributed by atoms with Crippen LogP contribution in [0.25, 0.3) is 0 Å². The quantitative estimate of drug-likeness (QED) is 0.780. The maximum absolute atomic E-state index is 10.9. The van der Waals surface area contributed by atoms with Crippen LogP contribution in [-0.4, -0.2) is 33.8 Å². The van der Waals surface area contributed by atoms with Gasteiger partial charge < -0.3 is 15.5 Å². The number of aliphatic hydroxyl groups excluding tert-OH is 1. The van der Waals surface area contributed by atoms with E-state index in [0.29, 0.717) is 18.3 Å². The van der Waals surface area contributed by atoms with Crippen LogP contribution in [0.4, 0.5) is 5.82 Å². The second-order valence-corrected chi connectivity index (χ2v) is 4.92. The van der Waals surface area contributed by atoms with Gasteiger partial charge in [-0.05, 0) is 31.2 Å². The Morgan fingerprint density at radius 3 is 2.94 bits per heavy atom. The number of aromatic nitrogens is 1. The van der Waals surface area contributed by atoms with Gasteiger partial charge in [0.05, 0.1) is 16.7 Å². The minimum absolute atomic E-state index is 0.0422. The van der Waals surface area contributed by atoms with Gasteiger partial charge in [-0.3, -0.25) is 0 Å². The zero-order valence-corrected chi connectivity index (χ0v) is 10.5. The molecule has 0 spiro atoms. The molecule has 0 aliphatic heterocycles. The first-order chi connectivity index (χ1) is 8.58. The summed E-state index contributed by atoms with van der Waals surface area (Å²) in [6.07, 6.45) is 3.75. The van der Waals surface area contributed by atoms with Gasteiger partial charge in [-0.25, -0.2) is 9.78 Å². The topological polar surface area (TPSA) is 82.5 Å². The molecule has 1 aliphatic rings. The maximum atomic E-state index is 10.9. The molecule has 0 radical (unpaired) electrons. The normalized spacial score (nSPS) is 23.0. The van der Waals surface area contributed by atoms with Gasteiger partial charge in [0, 0.05) is 12.7 Å². The Labute approximate surface area is 110 Å². The van der Waals surface area contributed by atoms with Gasteiger partial charge in [0.2, 0.25) is 0 Å². The monoisotopic (exact) mass is 270 g/mol. The third-order valence-electron chi connectivity index (χ3n) is 3.19. The minimum atomic E-state index is -1.07. The number of nitrogens with one attached hydrogen (secondary N) is 1. The molecule has 1 aromatic heterocycles. The number of halogens is 1. The maximum Gasteiger partial charge on any atom is 0.337 e. The van der Waals surface area contributed by atoms with Gasteiger partial charge in [0.25, 0.3) is 0 Å². The fourth-order valence-electron chi connectivity index (χ4n) is 2.21. The van der Waals surface area contributed by atoms with Crippen molar-refractivity contribution in [3.63, 3.8) is 0 Å². The lowest BCUT2D eigenvalue weighted by Crippen LogP contribution is -2.14. The fraction of sp³-hybridized carbons (Fsp3) is 0.500. The summed E-state index contributed by atoms with van der Waals surface area (Å²) in [7, 11) is 0. The van der Waals surface area contributed by atoms with E-state index < -0.39 is 5.97 Å². The molecule has 1 aromatic rings. The summed E-state index contributed by atoms with van der Waals surface area (Å²) in [5, 5.41) is 21.5. The molecule has 0 aromatic carbocycles. The van der Waals surface area contributed by atoms with E-state index in [-0.39, 0.29) is 16.7 Å². The minimum Gasteiger partial charge on any atom is -0.478 e. The van der Waals surface area contributed by atoms with Gasteiger partial charge in [-0.1, -0.05) is 11.6 Å². The number of anilines is 1. The summed E-state index contributed by atoms with van der Waals surface area (Å²) in [6, 6.07) is 1.37. The zero-order valence-electron chi connectivity index (χ0n) is 9.77. The van der Waals surface area contributed by atoms with Crippen molar-refractivity contribution < 1.29 is 15.0 Å². The highest BCUT2D eigenvalue weighted by atomic mass is 35.5. The SMILES string of the molecule is O=C(O)c1ccnc(NCC2CCC(O)C2)c1Cl. The highest BCUT2D eigenvalue weighted by Gasteiger charge is 2.23. The summed E-state index contributed by atoms with van der Waals surface area (Å²) in [4.78, 5) is 14.9. The average molecular weight is 271 g/mol. The van der Waals surface area contributed by atoms with E-state index in [4.69, 9.17) is 16.7 Å². The Morgan fingerprint density at radius 2 is 2.33 bits per heavy atom. The van der Waals surface area contributed by atoms with Crippen LogP contribution in [0.3, 0.4) is 0 Å². The molecule has 1 aliphatic carbocycles. The molecule has 98 valence electrons. The Kier molecular flexibility index (Phi) is 4.04. The highest BCUT2D eigenvalue weighted by Crippen LogP contribution is 2.28. The number of aliphatic hydroxyl groups is 1. The van der Waals surface area contributed by atoms with E-state index in [1.54, 1.807) is 0 Å². The average Bonchev–Trinajstić information content (AvgIpc) is 2.73. The van der Waals surface area contributed by atoms with Crippen LogP contribution in [0.2, 0.25) is 5.02 Å². The number of carboxylic acids is 1. The molecule has 1 fully saturated rings. The van der Waals surface area contributed by atoms with Crippen LogP contribution in [0.5, 0.6) is 0 Å². The first-order valence-corrected chi connectivity index (χ1v) is 6.25. The van der Waals surface area contributed by atoms with Crippen LogP contribution in [0.15, 0.2) is 12.3 Å². The van der Waals surface area contributed by atoms with Crippen molar-refractivity contribution in [1.29, 1.82) is 0 Å². The number of rotatable bonds is 4. The predicted octanol–water partition coefficient (Wildman–Crippen LogP) is 2.01. The van der Waals surface area contributed by atoms with Crippen LogP contribution < -0.4 is 5.32 Å². The molecule has 18 heavy (non-hydrogen) atoms. The molecule has 2 unspecified atom stereocenters. The summed E-state index contributed by atoms with van der Waals surface area (Å²) < 4.78 is 0. The molecule has 0 amide bonds. The van der Waals surface area contributed by atoms with Crippen molar-refractivity contribution in [2.45, 2.75) is 25.4 Å². The lowest BCUT2D eigenvalue weighted by Gasteiger charge is -2.13. The van der Waals surface area contributed by atoms with E-state index in [1.165, 1.54) is 12.3 Å². The number of pyridine rings is 1. The van der Waals surface area contributed by atoms with Gasteiger partial charge >= 0.3 is 5.97 Å². The van der Waals surface area contributed by atoms with Gasteiger partial charge in [-0.2, -0.15) is 0 Å². The third kappa shape index (κ3) is 2.91. The van der Waals surface area contributed by atoms with Crippen molar-refractivity contribution in [2.75, 3.05) is 11.9 Å². The van der Waals surface area contributed by atoms with E-state index in [2.05, 4.69) is 10.3 Å². The number of hydrogen-bond acceptors (Lipinski definition) is 4. The molecular formula is C12H15ClN2O3. The van der Waals surface area contributed by atoms with Gasteiger partial charge in [0.1, 0.15) is 5.82 Å². The molecule has 1 heterocycles. The second kappa shape index (κ2) is 5.54. The largest absolute Gasteiger partial charge is 0.478 e. The number of hydrogen-bond donors (Lipinski definition) is 3. The Bertz CT molecular complexity index is 453. The smallest absolute Gasteiger partial charge is 0.337 e. The van der Waals surface area contributed by atoms with E-state index >= 15 is 0 Å². The van der Waals surface area contributed by atoms with Crippen LogP contribution >= 0.6 is 11.6 Å². The van der Waals surface area contributed by atoms with Crippen molar-refractivity contribution in [1.82, 2.24) is 4.98 Å². The molecular weight excluding hydrogens is 256 g/mol. The molecule has 3 N–H and O–H groups in total. The molecule has 1 saturated carbocycles. The van der Waals surface area contributed by atoms with Crippen molar-refractivity contribution in [2.24, 2.45) is 5.92 Å². The zero-order chi connectivity index (χ0) is 13.1. The highest BCUT2D eigenvalue weighted by molar-refractivity contribution is 6.35.